The second-order valence-corrected chi connectivity index (χ2v) is 8.48. The van der Waals surface area contributed by atoms with Crippen LogP contribution in [0.4, 0.5) is 13.6 Å². The Kier molecular flexibility index (Phi) is 6.79. The molecule has 0 spiro atoms. The van der Waals surface area contributed by atoms with Crippen LogP contribution < -0.4 is 15.8 Å². The number of primary amides is 1. The lowest BCUT2D eigenvalue weighted by atomic mass is 10.1. The maximum Gasteiger partial charge on any atom is 0.410 e. The number of alkyl halides is 1. The molecule has 2 heterocycles. The number of hydrogen-bond donors (Lipinski definition) is 3. The Balaban J connectivity index is 1.51. The Morgan fingerprint density at radius 2 is 2.03 bits per heavy atom. The van der Waals surface area contributed by atoms with E-state index in [2.05, 4.69) is 5.32 Å². The number of rotatable bonds is 6. The fourth-order valence-electron chi connectivity index (χ4n) is 4.10. The average Bonchev–Trinajstić information content (AvgIpc) is 3.34. The van der Waals surface area contributed by atoms with Gasteiger partial charge in [-0.2, -0.15) is 0 Å². The molecule has 4 N–H and O–H groups in total. The zero-order chi connectivity index (χ0) is 25.3. The lowest BCUT2D eigenvalue weighted by Crippen LogP contribution is -2.46. The lowest BCUT2D eigenvalue weighted by molar-refractivity contribution is -0.139. The van der Waals surface area contributed by atoms with E-state index in [4.69, 9.17) is 22.1 Å². The Bertz CT molecular complexity index is 1310. The minimum absolute atomic E-state index is 0.0267. The van der Waals surface area contributed by atoms with Crippen molar-refractivity contribution in [2.75, 3.05) is 6.54 Å². The monoisotopic (exact) mass is 506 g/mol. The number of benzene rings is 2. The number of phenols is 1. The van der Waals surface area contributed by atoms with Crippen LogP contribution in [0.15, 0.2) is 42.6 Å². The molecule has 3 aromatic rings. The first-order valence-electron chi connectivity index (χ1n) is 10.6. The van der Waals surface area contributed by atoms with Crippen LogP contribution in [0.2, 0.25) is 5.02 Å². The van der Waals surface area contributed by atoms with Crippen molar-refractivity contribution >= 4 is 40.4 Å². The fourth-order valence-corrected chi connectivity index (χ4v) is 4.30. The third-order valence-electron chi connectivity index (χ3n) is 5.70. The van der Waals surface area contributed by atoms with Gasteiger partial charge in [0, 0.05) is 30.1 Å². The van der Waals surface area contributed by atoms with Crippen molar-refractivity contribution < 1.29 is 33.0 Å². The van der Waals surface area contributed by atoms with Crippen LogP contribution in [-0.4, -0.2) is 51.2 Å². The summed E-state index contributed by atoms with van der Waals surface area (Å²) >= 11 is 5.76. The van der Waals surface area contributed by atoms with E-state index in [0.717, 1.165) is 4.90 Å². The largest absolute Gasteiger partial charge is 0.508 e. The van der Waals surface area contributed by atoms with E-state index in [0.29, 0.717) is 10.9 Å². The van der Waals surface area contributed by atoms with E-state index in [9.17, 15) is 28.3 Å². The maximum absolute atomic E-state index is 14.3. The third kappa shape index (κ3) is 5.14. The summed E-state index contributed by atoms with van der Waals surface area (Å²) in [5.74, 6) is -1.92. The van der Waals surface area contributed by atoms with Gasteiger partial charge >= 0.3 is 6.09 Å². The number of nitrogens with two attached hydrogens (primary N) is 1. The molecule has 2 aromatic carbocycles. The molecule has 0 radical (unpaired) electrons. The van der Waals surface area contributed by atoms with E-state index in [1.165, 1.54) is 47.2 Å². The molecule has 3 amide bonds. The van der Waals surface area contributed by atoms with Crippen molar-refractivity contribution in [3.05, 3.63) is 59.0 Å². The molecule has 184 valence electrons. The summed E-state index contributed by atoms with van der Waals surface area (Å²) in [6.45, 7) is -0.768. The van der Waals surface area contributed by atoms with Gasteiger partial charge in [-0.25, -0.2) is 13.6 Å². The highest BCUT2D eigenvalue weighted by Gasteiger charge is 2.39. The number of aromatic hydroxyl groups is 1. The zero-order valence-corrected chi connectivity index (χ0v) is 19.0. The van der Waals surface area contributed by atoms with Gasteiger partial charge in [-0.1, -0.05) is 23.7 Å². The maximum atomic E-state index is 14.3. The predicted octanol–water partition coefficient (Wildman–Crippen LogP) is 2.85. The first kappa shape index (κ1) is 24.3. The number of amides is 3. The number of nitrogens with zero attached hydrogens (tertiary/aromatic N) is 2. The van der Waals surface area contributed by atoms with Crippen LogP contribution in [0.1, 0.15) is 12.0 Å². The molecule has 9 nitrogen and oxygen atoms in total. The van der Waals surface area contributed by atoms with E-state index < -0.39 is 35.9 Å². The topological polar surface area (TPSA) is 127 Å². The Labute approximate surface area is 203 Å². The number of carbonyl (C=O) groups excluding carboxylic acids is 3. The van der Waals surface area contributed by atoms with Crippen LogP contribution in [0.5, 0.6) is 11.5 Å². The lowest BCUT2D eigenvalue weighted by Gasteiger charge is -2.24. The molecular formula is C23H21ClF2N4O5. The van der Waals surface area contributed by atoms with Gasteiger partial charge < -0.3 is 30.4 Å². The number of likely N-dealkylation sites (tertiary alicyclic amines) is 1. The minimum atomic E-state index is -1.41. The summed E-state index contributed by atoms with van der Waals surface area (Å²) in [7, 11) is 0. The summed E-state index contributed by atoms with van der Waals surface area (Å²) in [6.07, 6.45) is -1.34. The summed E-state index contributed by atoms with van der Waals surface area (Å²) in [5.41, 5.74) is 5.69. The van der Waals surface area contributed by atoms with E-state index in [-0.39, 0.29) is 48.1 Å². The number of carbonyl (C=O) groups is 3. The number of fused-ring (bicyclic) bond motifs is 1. The Morgan fingerprint density at radius 3 is 2.77 bits per heavy atom. The van der Waals surface area contributed by atoms with Gasteiger partial charge in [-0.05, 0) is 24.3 Å². The van der Waals surface area contributed by atoms with Crippen LogP contribution in [0.25, 0.3) is 10.9 Å². The number of halogens is 3. The molecule has 1 saturated heterocycles. The number of nitrogens with one attached hydrogen (secondary N) is 1. The first-order chi connectivity index (χ1) is 16.6. The van der Waals surface area contributed by atoms with Gasteiger partial charge in [0.15, 0.2) is 5.75 Å². The zero-order valence-electron chi connectivity index (χ0n) is 18.2. The molecule has 35 heavy (non-hydrogen) atoms. The Hall–Kier alpha value is -3.86. The molecule has 4 rings (SSSR count). The van der Waals surface area contributed by atoms with Gasteiger partial charge in [0.25, 0.3) is 0 Å². The molecule has 2 atom stereocenters. The first-order valence-corrected chi connectivity index (χ1v) is 10.9. The molecule has 0 saturated carbocycles. The molecule has 0 aliphatic carbocycles. The van der Waals surface area contributed by atoms with Gasteiger partial charge in [0.2, 0.25) is 11.8 Å². The van der Waals surface area contributed by atoms with Gasteiger partial charge in [-0.15, -0.1) is 0 Å². The van der Waals surface area contributed by atoms with Crippen molar-refractivity contribution in [3.63, 3.8) is 0 Å². The number of aromatic nitrogens is 1. The van der Waals surface area contributed by atoms with E-state index >= 15 is 0 Å². The molecular weight excluding hydrogens is 486 g/mol. The smallest absolute Gasteiger partial charge is 0.410 e. The highest BCUT2D eigenvalue weighted by atomic mass is 35.5. The summed E-state index contributed by atoms with van der Waals surface area (Å²) in [6, 6.07) is 7.51. The van der Waals surface area contributed by atoms with Gasteiger partial charge in [0.05, 0.1) is 17.1 Å². The summed E-state index contributed by atoms with van der Waals surface area (Å²) in [5, 5.41) is 12.5. The van der Waals surface area contributed by atoms with Crippen LogP contribution in [0.3, 0.4) is 0 Å². The molecule has 0 unspecified atom stereocenters. The van der Waals surface area contributed by atoms with E-state index in [1.807, 2.05) is 0 Å². The van der Waals surface area contributed by atoms with E-state index in [1.54, 1.807) is 0 Å². The SMILES string of the molecule is NC(=O)Oc1cn(CC(=O)N2C[C@H](F)C[C@H]2C(=O)NCc2cccc(Cl)c2F)c2ccc(O)cc12. The highest BCUT2D eigenvalue weighted by Crippen LogP contribution is 2.32. The standard InChI is InChI=1S/C23H21ClF2N4O5/c24-16-3-1-2-12(21(16)26)8-28-22(33)18-6-13(25)9-30(18)20(32)11-29-10-19(35-23(27)34)15-7-14(31)4-5-17(15)29/h1-5,7,10,13,18,31H,6,8-9,11H2,(H2,27,34)(H,28,33)/t13-,18+/m1/s1. The molecule has 12 heteroatoms. The highest BCUT2D eigenvalue weighted by molar-refractivity contribution is 6.30. The minimum Gasteiger partial charge on any atom is -0.508 e. The van der Waals surface area contributed by atoms with Crippen molar-refractivity contribution in [2.45, 2.75) is 31.7 Å². The van der Waals surface area contributed by atoms with Crippen molar-refractivity contribution in [2.24, 2.45) is 5.73 Å². The molecule has 1 aliphatic rings. The van der Waals surface area contributed by atoms with Crippen molar-refractivity contribution in [3.8, 4) is 11.5 Å². The molecule has 1 aliphatic heterocycles. The van der Waals surface area contributed by atoms with Gasteiger partial charge in [0.1, 0.15) is 30.3 Å². The third-order valence-corrected chi connectivity index (χ3v) is 5.99. The normalized spacial score (nSPS) is 17.5. The van der Waals surface area contributed by atoms with Crippen LogP contribution >= 0.6 is 11.6 Å². The Morgan fingerprint density at radius 1 is 1.26 bits per heavy atom. The van der Waals surface area contributed by atoms with Crippen molar-refractivity contribution in [1.82, 2.24) is 14.8 Å². The fraction of sp³-hybridized carbons (Fsp3) is 0.261. The molecule has 1 fully saturated rings. The average molecular weight is 507 g/mol. The molecule has 1 aromatic heterocycles. The van der Waals surface area contributed by atoms with Gasteiger partial charge in [-0.3, -0.25) is 9.59 Å². The second kappa shape index (κ2) is 9.79. The van der Waals surface area contributed by atoms with Crippen molar-refractivity contribution in [1.29, 1.82) is 0 Å². The van der Waals surface area contributed by atoms with Crippen LogP contribution in [-0.2, 0) is 22.7 Å². The van der Waals surface area contributed by atoms with Crippen LogP contribution in [0, 0.1) is 5.82 Å². The number of ether oxygens (including phenoxy) is 1. The number of hydrogen-bond acceptors (Lipinski definition) is 5. The quantitative estimate of drug-likeness (QED) is 0.474. The molecule has 0 bridgehead atoms. The second-order valence-electron chi connectivity index (χ2n) is 8.07. The predicted molar refractivity (Wildman–Crippen MR) is 122 cm³/mol. The summed E-state index contributed by atoms with van der Waals surface area (Å²) < 4.78 is 34.8. The summed E-state index contributed by atoms with van der Waals surface area (Å²) in [4.78, 5) is 38.2. The number of phenolic OH excluding ortho intramolecular Hbond substituents is 1.